The molecule has 11 amide bonds. The molecule has 1 spiro atoms. The molecular weight excluding hydrogens is 1210 g/mol. The lowest BCUT2D eigenvalue weighted by Gasteiger charge is -2.40. The van der Waals surface area contributed by atoms with Gasteiger partial charge in [-0.05, 0) is 119 Å². The summed E-state index contributed by atoms with van der Waals surface area (Å²) >= 11 is 6.11. The van der Waals surface area contributed by atoms with Crippen LogP contribution in [0.15, 0.2) is 42.5 Å². The van der Waals surface area contributed by atoms with Gasteiger partial charge in [0.2, 0.25) is 65.0 Å². The number of benzene rings is 2. The number of halogens is 5. The number of fused-ring (bicyclic) bond motifs is 1. The van der Waals surface area contributed by atoms with Crippen molar-refractivity contribution in [1.82, 2.24) is 55.6 Å². The van der Waals surface area contributed by atoms with E-state index < -0.39 is 160 Å². The van der Waals surface area contributed by atoms with Crippen LogP contribution in [0.1, 0.15) is 135 Å². The number of nitrogens with one attached hydrogen (secondary N) is 4. The Morgan fingerprint density at radius 3 is 1.84 bits per heavy atom. The minimum Gasteiger partial charge on any atom is -0.351 e. The number of carbonyl (C=O) groups excluding carboxylic acids is 11. The number of hydrogen-bond donors (Lipinski definition) is 4. The molecule has 4 fully saturated rings. The number of rotatable bonds is 8. The van der Waals surface area contributed by atoms with Crippen LogP contribution in [0.4, 0.5) is 17.6 Å². The molecule has 0 radical (unpaired) electrons. The van der Waals surface area contributed by atoms with Gasteiger partial charge < -0.3 is 55.6 Å². The third-order valence-corrected chi connectivity index (χ3v) is 19.3. The van der Waals surface area contributed by atoms with Crippen molar-refractivity contribution in [2.45, 2.75) is 191 Å². The minimum absolute atomic E-state index is 0.0242. The molecule has 0 aromatic heterocycles. The van der Waals surface area contributed by atoms with Gasteiger partial charge in [-0.15, -0.1) is 0 Å². The maximum absolute atomic E-state index is 15.2. The highest BCUT2D eigenvalue weighted by atomic mass is 35.5. The van der Waals surface area contributed by atoms with E-state index in [2.05, 4.69) is 21.3 Å². The van der Waals surface area contributed by atoms with E-state index in [1.807, 2.05) is 0 Å². The van der Waals surface area contributed by atoms with Gasteiger partial charge in [0.1, 0.15) is 53.6 Å². The summed E-state index contributed by atoms with van der Waals surface area (Å²) in [5.41, 5.74) is -1.91. The van der Waals surface area contributed by atoms with Crippen molar-refractivity contribution in [2.75, 3.05) is 61.9 Å². The number of alkyl halides is 3. The fraction of sp³-hybridized carbons (Fsp3) is 0.641. The van der Waals surface area contributed by atoms with Crippen LogP contribution in [0.2, 0.25) is 5.02 Å². The molecule has 2 aliphatic carbocycles. The zero-order valence-electron chi connectivity index (χ0n) is 54.1. The highest BCUT2D eigenvalue weighted by Gasteiger charge is 2.50. The van der Waals surface area contributed by atoms with Crippen LogP contribution in [0.3, 0.4) is 0 Å². The normalized spacial score (nSPS) is 26.7. The second-order valence-electron chi connectivity index (χ2n) is 25.4. The van der Waals surface area contributed by atoms with Crippen LogP contribution in [-0.2, 0) is 71.8 Å². The van der Waals surface area contributed by atoms with Crippen LogP contribution in [0.25, 0.3) is 0 Å². The van der Waals surface area contributed by atoms with Crippen LogP contribution >= 0.6 is 11.6 Å². The Hall–Kier alpha value is -7.38. The second kappa shape index (κ2) is 31.3. The van der Waals surface area contributed by atoms with Crippen molar-refractivity contribution in [1.29, 1.82) is 0 Å². The van der Waals surface area contributed by atoms with Crippen molar-refractivity contribution in [3.63, 3.8) is 0 Å². The quantitative estimate of drug-likeness (QED) is 0.268. The van der Waals surface area contributed by atoms with Crippen molar-refractivity contribution >= 4 is 76.6 Å². The van der Waals surface area contributed by atoms with Gasteiger partial charge in [-0.3, -0.25) is 52.7 Å². The first kappa shape index (κ1) is 72.7. The molecular formula is C64H90ClF4N11O11. The molecule has 9 atom stereocenters. The van der Waals surface area contributed by atoms with Gasteiger partial charge in [0, 0.05) is 67.7 Å². The SMILES string of the molecule is CCC(C)[C@@H]1NC(=O)[C@H](C)N(C)C(=O)C[C@@H](C)NC(=O)[C@H](C2CCCC2)N(C)C(=O)C2(CCCC2)NC(=O)[C@@H]2CCCN2C(=O)[C@H](CCc2ccc(C(F)(F)F)c(Cl)c2)NC(=O)[C@@H](C)N(C)C(=O)[C@H](Cc2ccc(F)cc2)N(C)C(=O)CN(C)C(=O)CN(C)C1=O. The Labute approximate surface area is 535 Å². The summed E-state index contributed by atoms with van der Waals surface area (Å²) in [4.78, 5) is 167. The van der Waals surface area contributed by atoms with Gasteiger partial charge >= 0.3 is 6.18 Å². The lowest BCUT2D eigenvalue weighted by molar-refractivity contribution is -0.150. The van der Waals surface area contributed by atoms with Crippen LogP contribution in [-0.4, -0.2) is 215 Å². The molecule has 22 nitrogen and oxygen atoms in total. The Balaban J connectivity index is 1.38. The molecule has 502 valence electrons. The zero-order valence-corrected chi connectivity index (χ0v) is 54.8. The van der Waals surface area contributed by atoms with Crippen LogP contribution in [0, 0.1) is 17.7 Å². The number of carbonyl (C=O) groups is 11. The van der Waals surface area contributed by atoms with Crippen molar-refractivity contribution < 1.29 is 70.3 Å². The van der Waals surface area contributed by atoms with E-state index in [0.717, 1.165) is 56.7 Å². The number of likely N-dealkylation sites (N-methyl/N-ethyl adjacent to an activating group) is 6. The first-order chi connectivity index (χ1) is 42.7. The third-order valence-electron chi connectivity index (χ3n) is 18.9. The number of hydrogen-bond acceptors (Lipinski definition) is 11. The first-order valence-corrected chi connectivity index (χ1v) is 31.8. The zero-order chi connectivity index (χ0) is 67.6. The fourth-order valence-corrected chi connectivity index (χ4v) is 12.9. The Bertz CT molecular complexity index is 3020. The van der Waals surface area contributed by atoms with E-state index in [0.29, 0.717) is 44.1 Å². The second-order valence-corrected chi connectivity index (χ2v) is 25.8. The predicted octanol–water partition coefficient (Wildman–Crippen LogP) is 4.47. The van der Waals surface area contributed by atoms with Crippen LogP contribution < -0.4 is 21.3 Å². The molecule has 6 rings (SSSR count). The smallest absolute Gasteiger partial charge is 0.351 e. The maximum Gasteiger partial charge on any atom is 0.417 e. The molecule has 2 aromatic rings. The molecule has 2 saturated heterocycles. The number of nitrogens with zero attached hydrogens (tertiary/aromatic N) is 7. The molecule has 91 heavy (non-hydrogen) atoms. The summed E-state index contributed by atoms with van der Waals surface area (Å²) in [7, 11) is 8.18. The largest absolute Gasteiger partial charge is 0.417 e. The number of aryl methyl sites for hydroxylation is 1. The third kappa shape index (κ3) is 17.8. The van der Waals surface area contributed by atoms with Gasteiger partial charge in [0.25, 0.3) is 0 Å². The van der Waals surface area contributed by atoms with E-state index in [-0.39, 0.29) is 63.0 Å². The van der Waals surface area contributed by atoms with Gasteiger partial charge in [-0.1, -0.05) is 75.8 Å². The summed E-state index contributed by atoms with van der Waals surface area (Å²) in [6.45, 7) is 6.85. The monoisotopic (exact) mass is 1300 g/mol. The van der Waals surface area contributed by atoms with E-state index >= 15 is 9.59 Å². The summed E-state index contributed by atoms with van der Waals surface area (Å²) in [6.07, 6.45) is -0.399. The highest BCUT2D eigenvalue weighted by Crippen LogP contribution is 2.38. The van der Waals surface area contributed by atoms with Gasteiger partial charge in [-0.2, -0.15) is 13.2 Å². The van der Waals surface area contributed by atoms with Crippen LogP contribution in [0.5, 0.6) is 0 Å². The van der Waals surface area contributed by atoms with Crippen molar-refractivity contribution in [2.24, 2.45) is 11.8 Å². The standard InChI is InChI=1S/C64H90ClF4N11O11/c1-12-37(2)53-61(90)75(7)35-51(82)74(6)36-52(83)78(10)49(34-42-21-25-44(66)26-22-42)60(89)77(9)40(5)55(84)71-47(28-24-41-23-27-45(46(65)33-41)64(67,68)69)59(88)80-31-17-20-48(80)57(86)73-63(29-15-16-30-63)62(91)79(11)54(43-18-13-14-19-43)58(87)70-38(3)32-50(81)76(8)39(4)56(85)72-53/h21-23,25-27,33,37-40,43,47-49,53-54H,12-20,24,28-32,34-36H2,1-11H3,(H,70,87)(H,71,84)(H,72,85)(H,73,86)/t37?,38-,39+,40-,47+,48+,49+,53+,54+/m1/s1. The molecule has 2 saturated carbocycles. The molecule has 4 N–H and O–H groups in total. The van der Waals surface area contributed by atoms with E-state index in [1.54, 1.807) is 20.8 Å². The van der Waals surface area contributed by atoms with E-state index in [4.69, 9.17) is 11.6 Å². The summed E-state index contributed by atoms with van der Waals surface area (Å²) < 4.78 is 55.6. The Morgan fingerprint density at radius 2 is 1.23 bits per heavy atom. The van der Waals surface area contributed by atoms with Gasteiger partial charge in [0.05, 0.1) is 23.7 Å². The molecule has 2 heterocycles. The van der Waals surface area contributed by atoms with Crippen molar-refractivity contribution in [3.05, 3.63) is 70.0 Å². The molecule has 0 bridgehead atoms. The molecule has 2 aromatic carbocycles. The predicted molar refractivity (Wildman–Crippen MR) is 329 cm³/mol. The lowest BCUT2D eigenvalue weighted by atomic mass is 9.90. The summed E-state index contributed by atoms with van der Waals surface area (Å²) in [5, 5.41) is 10.9. The number of amides is 11. The Kier molecular flexibility index (Phi) is 25.0. The lowest BCUT2D eigenvalue weighted by Crippen LogP contribution is -2.64. The maximum atomic E-state index is 15.2. The average molecular weight is 1300 g/mol. The fourth-order valence-electron chi connectivity index (χ4n) is 12.6. The topological polar surface area (TPSA) is 259 Å². The molecule has 2 aliphatic heterocycles. The Morgan fingerprint density at radius 1 is 0.637 bits per heavy atom. The van der Waals surface area contributed by atoms with Crippen molar-refractivity contribution in [3.8, 4) is 0 Å². The summed E-state index contributed by atoms with van der Waals surface area (Å²) in [6, 6.07) is -1.35. The summed E-state index contributed by atoms with van der Waals surface area (Å²) in [5.74, 6) is -8.78. The van der Waals surface area contributed by atoms with E-state index in [1.165, 1.54) is 89.0 Å². The average Bonchev–Trinajstić information content (AvgIpc) is 1.80. The molecule has 27 heteroatoms. The minimum atomic E-state index is -4.77. The van der Waals surface area contributed by atoms with Gasteiger partial charge in [0.15, 0.2) is 0 Å². The molecule has 4 aliphatic rings. The van der Waals surface area contributed by atoms with Gasteiger partial charge in [-0.25, -0.2) is 4.39 Å². The highest BCUT2D eigenvalue weighted by molar-refractivity contribution is 6.31. The molecule has 1 unspecified atom stereocenters. The first-order valence-electron chi connectivity index (χ1n) is 31.4. The van der Waals surface area contributed by atoms with E-state index in [9.17, 15) is 60.7 Å².